The van der Waals surface area contributed by atoms with Crippen LogP contribution >= 0.6 is 0 Å². The molecular formula is C35H37F2N5O3. The number of aromatic nitrogens is 1. The quantitative estimate of drug-likeness (QED) is 0.332. The molecule has 2 aromatic carbocycles. The number of carbonyl (C=O) groups is 3. The van der Waals surface area contributed by atoms with E-state index in [0.717, 1.165) is 48.4 Å². The monoisotopic (exact) mass is 613 g/mol. The summed E-state index contributed by atoms with van der Waals surface area (Å²) in [4.78, 5) is 46.3. The minimum absolute atomic E-state index is 0.0755. The smallest absolute Gasteiger partial charge is 0.244 e. The Morgan fingerprint density at radius 2 is 1.73 bits per heavy atom. The molecule has 0 bridgehead atoms. The molecule has 45 heavy (non-hydrogen) atoms. The van der Waals surface area contributed by atoms with E-state index in [9.17, 15) is 23.2 Å². The highest BCUT2D eigenvalue weighted by molar-refractivity contribution is 6.06. The first kappa shape index (κ1) is 29.5. The molecule has 3 N–H and O–H groups in total. The Morgan fingerprint density at radius 3 is 2.51 bits per heavy atom. The number of anilines is 2. The maximum atomic E-state index is 14.2. The van der Waals surface area contributed by atoms with Crippen LogP contribution in [0.5, 0.6) is 0 Å². The molecule has 1 saturated heterocycles. The molecule has 10 heteroatoms. The zero-order valence-corrected chi connectivity index (χ0v) is 25.1. The van der Waals surface area contributed by atoms with Crippen LogP contribution in [-0.4, -0.2) is 46.7 Å². The van der Waals surface area contributed by atoms with Gasteiger partial charge in [-0.3, -0.25) is 14.4 Å². The van der Waals surface area contributed by atoms with Crippen LogP contribution in [0.1, 0.15) is 73.2 Å². The third kappa shape index (κ3) is 5.72. The third-order valence-electron chi connectivity index (χ3n) is 10.1. The van der Waals surface area contributed by atoms with Crippen molar-refractivity contribution >= 4 is 29.2 Å². The largest absolute Gasteiger partial charge is 0.325 e. The van der Waals surface area contributed by atoms with Crippen LogP contribution < -0.4 is 16.0 Å². The van der Waals surface area contributed by atoms with Crippen LogP contribution in [0.3, 0.4) is 0 Å². The fraction of sp³-hybridized carbons (Fsp3) is 0.429. The van der Waals surface area contributed by atoms with E-state index in [0.29, 0.717) is 48.8 Å². The molecule has 234 valence electrons. The summed E-state index contributed by atoms with van der Waals surface area (Å²) in [5, 5.41) is 9.18. The maximum Gasteiger partial charge on any atom is 0.244 e. The van der Waals surface area contributed by atoms with Crippen molar-refractivity contribution in [1.29, 1.82) is 0 Å². The van der Waals surface area contributed by atoms with Gasteiger partial charge in [0.2, 0.25) is 17.7 Å². The highest BCUT2D eigenvalue weighted by Crippen LogP contribution is 2.47. The Kier molecular flexibility index (Phi) is 7.85. The highest BCUT2D eigenvalue weighted by atomic mass is 19.1. The summed E-state index contributed by atoms with van der Waals surface area (Å²) in [7, 11) is 0. The lowest BCUT2D eigenvalue weighted by molar-refractivity contribution is -0.142. The number of pyridine rings is 1. The van der Waals surface area contributed by atoms with Crippen LogP contribution in [0.2, 0.25) is 0 Å². The van der Waals surface area contributed by atoms with Gasteiger partial charge in [-0.25, -0.2) is 13.8 Å². The first-order valence-corrected chi connectivity index (χ1v) is 16.0. The minimum Gasteiger partial charge on any atom is -0.325 e. The predicted octanol–water partition coefficient (Wildman–Crippen LogP) is 5.19. The predicted molar refractivity (Wildman–Crippen MR) is 165 cm³/mol. The second kappa shape index (κ2) is 12.0. The normalized spacial score (nSPS) is 24.7. The molecule has 2 fully saturated rings. The average Bonchev–Trinajstić information content (AvgIpc) is 3.38. The molecule has 3 aromatic rings. The molecule has 2 aliphatic heterocycles. The lowest BCUT2D eigenvalue weighted by Gasteiger charge is -2.40. The van der Waals surface area contributed by atoms with E-state index in [-0.39, 0.29) is 18.4 Å². The van der Waals surface area contributed by atoms with Gasteiger partial charge in [-0.05, 0) is 72.2 Å². The molecule has 3 amide bonds. The Hall–Kier alpha value is -4.18. The number of amides is 3. The van der Waals surface area contributed by atoms with Crippen molar-refractivity contribution in [2.45, 2.75) is 75.3 Å². The average molecular weight is 614 g/mol. The van der Waals surface area contributed by atoms with E-state index in [1.54, 1.807) is 12.3 Å². The van der Waals surface area contributed by atoms with Gasteiger partial charge in [0.05, 0.1) is 17.5 Å². The van der Waals surface area contributed by atoms with Crippen molar-refractivity contribution in [2.24, 2.45) is 5.92 Å². The molecule has 3 atom stereocenters. The van der Waals surface area contributed by atoms with Gasteiger partial charge in [-0.15, -0.1) is 0 Å². The Balaban J connectivity index is 1.09. The van der Waals surface area contributed by atoms with Gasteiger partial charge in [-0.2, -0.15) is 0 Å². The second-order valence-electron chi connectivity index (χ2n) is 13.1. The zero-order valence-electron chi connectivity index (χ0n) is 25.1. The summed E-state index contributed by atoms with van der Waals surface area (Å²) >= 11 is 0. The van der Waals surface area contributed by atoms with Gasteiger partial charge in [-0.1, -0.05) is 50.7 Å². The lowest BCUT2D eigenvalue weighted by atomic mass is 9.79. The molecule has 7 rings (SSSR count). The van der Waals surface area contributed by atoms with Gasteiger partial charge in [0.25, 0.3) is 0 Å². The third-order valence-corrected chi connectivity index (χ3v) is 10.1. The van der Waals surface area contributed by atoms with Crippen LogP contribution in [0.15, 0.2) is 54.7 Å². The van der Waals surface area contributed by atoms with E-state index in [1.165, 1.54) is 29.9 Å². The molecular weight excluding hydrogens is 576 g/mol. The number of piperazine rings is 1. The van der Waals surface area contributed by atoms with Crippen LogP contribution in [-0.2, 0) is 32.6 Å². The number of halogens is 2. The number of nitrogens with zero attached hydrogens (tertiary/aromatic N) is 2. The first-order valence-electron chi connectivity index (χ1n) is 16.0. The summed E-state index contributed by atoms with van der Waals surface area (Å²) in [5.41, 5.74) is 3.03. The summed E-state index contributed by atoms with van der Waals surface area (Å²) < 4.78 is 28.5. The summed E-state index contributed by atoms with van der Waals surface area (Å²) in [6.07, 6.45) is 10.3. The molecule has 1 saturated carbocycles. The van der Waals surface area contributed by atoms with Crippen molar-refractivity contribution in [3.8, 4) is 0 Å². The van der Waals surface area contributed by atoms with E-state index in [2.05, 4.69) is 20.9 Å². The van der Waals surface area contributed by atoms with Gasteiger partial charge >= 0.3 is 0 Å². The van der Waals surface area contributed by atoms with Crippen LogP contribution in [0.4, 0.5) is 20.3 Å². The SMILES string of the molecule is O=C(CN1C(=O)[C@@H](CC2CCCCCC2)NC[C@H]1c1cc(F)cc(F)c1)Nc1ccc2c(c1)CC1(C2)C(=O)Nc2ncccc21. The number of hydrogen-bond donors (Lipinski definition) is 3. The van der Waals surface area contributed by atoms with Crippen LogP contribution in [0.25, 0.3) is 0 Å². The Bertz CT molecular complexity index is 1640. The van der Waals surface area contributed by atoms with E-state index >= 15 is 0 Å². The fourth-order valence-electron chi connectivity index (χ4n) is 7.88. The van der Waals surface area contributed by atoms with Crippen molar-refractivity contribution < 1.29 is 23.2 Å². The van der Waals surface area contributed by atoms with Crippen molar-refractivity contribution in [3.05, 3.63) is 88.6 Å². The van der Waals surface area contributed by atoms with Crippen molar-refractivity contribution in [2.75, 3.05) is 23.7 Å². The maximum absolute atomic E-state index is 14.2. The van der Waals surface area contributed by atoms with Gasteiger partial charge in [0.1, 0.15) is 24.0 Å². The van der Waals surface area contributed by atoms with Gasteiger partial charge in [0, 0.05) is 30.1 Å². The summed E-state index contributed by atoms with van der Waals surface area (Å²) in [5.74, 6) is -1.15. The van der Waals surface area contributed by atoms with E-state index in [1.807, 2.05) is 24.3 Å². The number of carbonyl (C=O) groups excluding carboxylic acids is 3. The van der Waals surface area contributed by atoms with Crippen LogP contribution in [0, 0.1) is 17.6 Å². The topological polar surface area (TPSA) is 103 Å². The minimum atomic E-state index is -0.729. The number of fused-ring (bicyclic) bond motifs is 3. The zero-order chi connectivity index (χ0) is 31.1. The van der Waals surface area contributed by atoms with E-state index < -0.39 is 35.0 Å². The lowest BCUT2D eigenvalue weighted by Crippen LogP contribution is -2.58. The molecule has 4 aliphatic rings. The number of hydrogen-bond acceptors (Lipinski definition) is 5. The summed E-state index contributed by atoms with van der Waals surface area (Å²) in [6, 6.07) is 11.5. The fourth-order valence-corrected chi connectivity index (χ4v) is 7.88. The molecule has 3 heterocycles. The molecule has 8 nitrogen and oxygen atoms in total. The van der Waals surface area contributed by atoms with Crippen molar-refractivity contribution in [1.82, 2.24) is 15.2 Å². The molecule has 0 radical (unpaired) electrons. The number of nitrogens with one attached hydrogen (secondary N) is 3. The number of rotatable bonds is 6. The first-order chi connectivity index (χ1) is 21.8. The Morgan fingerprint density at radius 1 is 0.978 bits per heavy atom. The van der Waals surface area contributed by atoms with E-state index in [4.69, 9.17) is 0 Å². The standard InChI is InChI=1S/C35H37F2N5O3/c36-25-13-23(14-26(37)16-25)30-19-39-29(12-21-6-3-1-2-4-7-21)33(44)42(30)20-31(43)40-27-10-9-22-17-35(18-24(22)15-27)28-8-5-11-38-32(28)41-34(35)45/h5,8-11,13-16,21,29-30,39H,1-4,6-7,12,17-20H2,(H,40,43)(H,38,41,45)/t29-,30+,35?/m1/s1. The second-order valence-corrected chi connectivity index (χ2v) is 13.1. The molecule has 1 unspecified atom stereocenters. The summed E-state index contributed by atoms with van der Waals surface area (Å²) in [6.45, 7) is 0.0333. The van der Waals surface area contributed by atoms with Crippen molar-refractivity contribution in [3.63, 3.8) is 0 Å². The Labute approximate surface area is 261 Å². The van der Waals surface area contributed by atoms with Gasteiger partial charge in [0.15, 0.2) is 0 Å². The highest BCUT2D eigenvalue weighted by Gasteiger charge is 2.51. The molecule has 1 aromatic heterocycles. The molecule has 2 aliphatic carbocycles. The molecule has 1 spiro atoms. The van der Waals surface area contributed by atoms with Gasteiger partial charge < -0.3 is 20.9 Å². The number of benzene rings is 2.